The van der Waals surface area contributed by atoms with Crippen LogP contribution in [0.1, 0.15) is 0 Å². The minimum atomic E-state index is -1.60. The fourth-order valence-electron chi connectivity index (χ4n) is 0.331. The van der Waals surface area contributed by atoms with Crippen LogP contribution in [0, 0.1) is 0 Å². The van der Waals surface area contributed by atoms with E-state index in [1.165, 1.54) is 0 Å². The van der Waals surface area contributed by atoms with Gasteiger partial charge in [0.25, 0.3) is 6.36 Å². The lowest BCUT2D eigenvalue weighted by Crippen LogP contribution is -2.15. The maximum atomic E-state index is 12.0. The van der Waals surface area contributed by atoms with Crippen molar-refractivity contribution in [3.8, 4) is 0 Å². The number of hydrogen-bond acceptors (Lipinski definition) is 2. The summed E-state index contributed by atoms with van der Waals surface area (Å²) in [6.07, 6.45) is -1.60. The number of rotatable bonds is 0. The molecule has 1 fully saturated rings. The predicted octanol–water partition coefficient (Wildman–Crippen LogP) is 1.42. The monoisotopic (exact) mass is 160 g/mol. The lowest BCUT2D eigenvalue weighted by molar-refractivity contribution is -0.306. The van der Waals surface area contributed by atoms with Crippen molar-refractivity contribution in [3.63, 3.8) is 0 Å². The summed E-state index contributed by atoms with van der Waals surface area (Å²) in [6.45, 7) is 0. The summed E-state index contributed by atoms with van der Waals surface area (Å²) in [5.74, 6) is 0. The maximum absolute atomic E-state index is 12.0. The average molecular weight is 161 g/mol. The quantitative estimate of drug-likeness (QED) is 0.395. The van der Waals surface area contributed by atoms with Crippen LogP contribution in [-0.2, 0) is 9.78 Å². The Bertz CT molecular complexity index is 81.4. The van der Waals surface area contributed by atoms with Crippen LogP contribution in [0.25, 0.3) is 0 Å². The zero-order chi connectivity index (χ0) is 6.15. The van der Waals surface area contributed by atoms with Crippen molar-refractivity contribution < 1.29 is 14.2 Å². The lowest BCUT2D eigenvalue weighted by atomic mass is 10.5. The Labute approximate surface area is 55.4 Å². The molecule has 0 aromatic carbocycles. The molecule has 0 radical (unpaired) electrons. The van der Waals surface area contributed by atoms with E-state index in [0.29, 0.717) is 0 Å². The summed E-state index contributed by atoms with van der Waals surface area (Å²) in [5, 5.41) is -0.892. The minimum absolute atomic E-state index is 0.869. The Balaban J connectivity index is 2.44. The molecule has 8 heavy (non-hydrogen) atoms. The maximum Gasteiger partial charge on any atom is 0.251 e. The van der Waals surface area contributed by atoms with Crippen molar-refractivity contribution in [2.75, 3.05) is 0 Å². The molecule has 5 heteroatoms. The van der Waals surface area contributed by atoms with Gasteiger partial charge in [-0.05, 0) is 0 Å². The molecule has 1 heterocycles. The molecule has 48 valence electrons. The van der Waals surface area contributed by atoms with Crippen LogP contribution in [0.15, 0.2) is 0 Å². The molecule has 2 nitrogen and oxygen atoms in total. The van der Waals surface area contributed by atoms with E-state index < -0.39 is 17.3 Å². The largest absolute Gasteiger partial charge is 0.251 e. The summed E-state index contributed by atoms with van der Waals surface area (Å²) in [7, 11) is 0. The first-order valence-corrected chi connectivity index (χ1v) is 2.83. The van der Waals surface area contributed by atoms with E-state index in [0.717, 1.165) is 0 Å². The van der Waals surface area contributed by atoms with Crippen LogP contribution in [0.3, 0.4) is 0 Å². The van der Waals surface area contributed by atoms with Crippen molar-refractivity contribution in [2.24, 2.45) is 0 Å². The van der Waals surface area contributed by atoms with Gasteiger partial charge in [-0.15, -0.1) is 11.6 Å². The van der Waals surface area contributed by atoms with E-state index >= 15 is 0 Å². The molecule has 0 aromatic rings. The highest BCUT2D eigenvalue weighted by molar-refractivity contribution is 6.29. The van der Waals surface area contributed by atoms with Gasteiger partial charge >= 0.3 is 0 Å². The van der Waals surface area contributed by atoms with Crippen molar-refractivity contribution >= 4 is 23.2 Å². The Morgan fingerprint density at radius 2 is 1.88 bits per heavy atom. The SMILES string of the molecule is FC1OOC(Cl)C1Cl. The molecule has 1 aliphatic heterocycles. The summed E-state index contributed by atoms with van der Waals surface area (Å²) < 4.78 is 12.0. The molecule has 1 aliphatic rings. The summed E-state index contributed by atoms with van der Waals surface area (Å²) in [6, 6.07) is 0. The highest BCUT2D eigenvalue weighted by Crippen LogP contribution is 2.25. The standard InChI is InChI=1S/C3H3Cl2FO2/c4-1-2(5)7-8-3(1)6/h1-3H. The Morgan fingerprint density at radius 3 is 2.00 bits per heavy atom. The van der Waals surface area contributed by atoms with Crippen molar-refractivity contribution in [1.29, 1.82) is 0 Å². The minimum Gasteiger partial charge on any atom is -0.212 e. The van der Waals surface area contributed by atoms with Gasteiger partial charge in [0.15, 0.2) is 5.56 Å². The van der Waals surface area contributed by atoms with Gasteiger partial charge in [0.1, 0.15) is 5.38 Å². The van der Waals surface area contributed by atoms with Gasteiger partial charge in [0.2, 0.25) is 0 Å². The van der Waals surface area contributed by atoms with Crippen LogP contribution in [-0.4, -0.2) is 17.3 Å². The van der Waals surface area contributed by atoms with Crippen LogP contribution in [0.4, 0.5) is 4.39 Å². The van der Waals surface area contributed by atoms with Gasteiger partial charge < -0.3 is 0 Å². The molecule has 0 aromatic heterocycles. The summed E-state index contributed by atoms with van der Waals surface area (Å²) in [5.41, 5.74) is -0.869. The van der Waals surface area contributed by atoms with E-state index in [1.54, 1.807) is 0 Å². The van der Waals surface area contributed by atoms with Crippen LogP contribution >= 0.6 is 23.2 Å². The van der Waals surface area contributed by atoms with Gasteiger partial charge in [-0.2, -0.15) is 4.89 Å². The Morgan fingerprint density at radius 1 is 1.25 bits per heavy atom. The van der Waals surface area contributed by atoms with Gasteiger partial charge in [0, 0.05) is 0 Å². The highest BCUT2D eigenvalue weighted by atomic mass is 35.5. The normalized spacial score (nSPS) is 47.6. The highest BCUT2D eigenvalue weighted by Gasteiger charge is 2.36. The van der Waals surface area contributed by atoms with Gasteiger partial charge in [0.05, 0.1) is 0 Å². The first kappa shape index (κ1) is 6.55. The van der Waals surface area contributed by atoms with Crippen molar-refractivity contribution in [1.82, 2.24) is 0 Å². The fourth-order valence-corrected chi connectivity index (χ4v) is 0.572. The summed E-state index contributed by atoms with van der Waals surface area (Å²) >= 11 is 10.5. The molecule has 3 atom stereocenters. The van der Waals surface area contributed by atoms with E-state index in [4.69, 9.17) is 23.2 Å². The van der Waals surface area contributed by atoms with E-state index in [1.807, 2.05) is 0 Å². The van der Waals surface area contributed by atoms with Crippen LogP contribution in [0.2, 0.25) is 0 Å². The van der Waals surface area contributed by atoms with Crippen molar-refractivity contribution in [3.05, 3.63) is 0 Å². The van der Waals surface area contributed by atoms with E-state index in [-0.39, 0.29) is 0 Å². The number of hydrogen-bond donors (Lipinski definition) is 0. The topological polar surface area (TPSA) is 18.5 Å². The average Bonchev–Trinajstić information content (AvgIpc) is 1.98. The van der Waals surface area contributed by atoms with Crippen LogP contribution in [0.5, 0.6) is 0 Å². The van der Waals surface area contributed by atoms with E-state index in [9.17, 15) is 4.39 Å². The molecule has 1 saturated heterocycles. The molecule has 3 unspecified atom stereocenters. The zero-order valence-electron chi connectivity index (χ0n) is 3.68. The zero-order valence-corrected chi connectivity index (χ0v) is 5.19. The third-order valence-corrected chi connectivity index (χ3v) is 1.64. The molecule has 0 aliphatic carbocycles. The predicted molar refractivity (Wildman–Crippen MR) is 26.3 cm³/mol. The molecule has 0 saturated carbocycles. The second-order valence-electron chi connectivity index (χ2n) is 1.34. The first-order valence-electron chi connectivity index (χ1n) is 1.96. The first-order chi connectivity index (χ1) is 3.72. The second kappa shape index (κ2) is 2.35. The van der Waals surface area contributed by atoms with Crippen molar-refractivity contribution in [2.45, 2.75) is 17.3 Å². The smallest absolute Gasteiger partial charge is 0.212 e. The molecule has 0 amide bonds. The van der Waals surface area contributed by atoms with E-state index in [2.05, 4.69) is 9.78 Å². The molecule has 0 N–H and O–H groups in total. The van der Waals surface area contributed by atoms with Gasteiger partial charge in [-0.1, -0.05) is 11.6 Å². The molecular formula is C3H3Cl2FO2. The van der Waals surface area contributed by atoms with Crippen LogP contribution < -0.4 is 0 Å². The summed E-state index contributed by atoms with van der Waals surface area (Å²) in [4.78, 5) is 8.08. The third-order valence-electron chi connectivity index (χ3n) is 0.740. The number of alkyl halides is 3. The van der Waals surface area contributed by atoms with Gasteiger partial charge in [-0.25, -0.2) is 9.28 Å². The molecule has 0 bridgehead atoms. The van der Waals surface area contributed by atoms with Gasteiger partial charge in [-0.3, -0.25) is 0 Å². The lowest BCUT2D eigenvalue weighted by Gasteiger charge is -1.97. The molecule has 0 spiro atoms. The second-order valence-corrected chi connectivity index (χ2v) is 2.27. The molecular weight excluding hydrogens is 158 g/mol. The molecule has 1 rings (SSSR count). The third kappa shape index (κ3) is 1.05. The number of halogens is 3. The fraction of sp³-hybridized carbons (Fsp3) is 1.00. The Kier molecular flexibility index (Phi) is 1.92. The Hall–Kier alpha value is 0.430.